The van der Waals surface area contributed by atoms with Crippen LogP contribution >= 0.6 is 0 Å². The summed E-state index contributed by atoms with van der Waals surface area (Å²) < 4.78 is 5.41. The third-order valence-corrected chi connectivity index (χ3v) is 6.63. The SMILES string of the molecule is COc1ccc2c(c1)Nc1ccc(CN3CC4CCC(C3)N4)cc1C2(C)C. The van der Waals surface area contributed by atoms with Crippen molar-refractivity contribution in [3.8, 4) is 5.75 Å². The Balaban J connectivity index is 1.44. The second-order valence-electron chi connectivity index (χ2n) is 8.87. The van der Waals surface area contributed by atoms with Crippen LogP contribution in [0.5, 0.6) is 5.75 Å². The van der Waals surface area contributed by atoms with Crippen LogP contribution in [0.1, 0.15) is 43.4 Å². The Hall–Kier alpha value is -2.04. The summed E-state index contributed by atoms with van der Waals surface area (Å²) in [7, 11) is 1.72. The lowest BCUT2D eigenvalue weighted by molar-refractivity contribution is 0.189. The van der Waals surface area contributed by atoms with E-state index >= 15 is 0 Å². The minimum absolute atomic E-state index is 0.0271. The van der Waals surface area contributed by atoms with Crippen molar-refractivity contribution in [2.45, 2.75) is 50.7 Å². The number of fused-ring (bicyclic) bond motifs is 4. The predicted octanol–water partition coefficient (Wildman–Crippen LogP) is 4.01. The Morgan fingerprint density at radius 3 is 2.52 bits per heavy atom. The molecule has 4 nitrogen and oxygen atoms in total. The number of nitrogens with one attached hydrogen (secondary N) is 2. The van der Waals surface area contributed by atoms with Crippen LogP contribution in [0, 0.1) is 0 Å². The van der Waals surface area contributed by atoms with Gasteiger partial charge in [-0.3, -0.25) is 4.90 Å². The van der Waals surface area contributed by atoms with Gasteiger partial charge in [0.15, 0.2) is 0 Å². The summed E-state index contributed by atoms with van der Waals surface area (Å²) in [5.41, 5.74) is 6.47. The summed E-state index contributed by atoms with van der Waals surface area (Å²) in [6.07, 6.45) is 2.67. The highest BCUT2D eigenvalue weighted by Crippen LogP contribution is 2.46. The predicted molar refractivity (Wildman–Crippen MR) is 110 cm³/mol. The smallest absolute Gasteiger partial charge is 0.120 e. The molecular weight excluding hydrogens is 334 g/mol. The molecule has 3 aliphatic rings. The van der Waals surface area contributed by atoms with Crippen molar-refractivity contribution in [1.29, 1.82) is 0 Å². The third kappa shape index (κ3) is 2.91. The molecule has 2 aromatic carbocycles. The van der Waals surface area contributed by atoms with Crippen LogP contribution in [0.2, 0.25) is 0 Å². The molecule has 0 aliphatic carbocycles. The number of anilines is 2. The Morgan fingerprint density at radius 2 is 1.78 bits per heavy atom. The highest BCUT2D eigenvalue weighted by molar-refractivity contribution is 5.76. The molecule has 142 valence electrons. The molecule has 3 aliphatic heterocycles. The molecule has 27 heavy (non-hydrogen) atoms. The van der Waals surface area contributed by atoms with E-state index in [1.807, 2.05) is 0 Å². The number of nitrogens with zero attached hydrogens (tertiary/aromatic N) is 1. The number of rotatable bonds is 3. The fourth-order valence-corrected chi connectivity index (χ4v) is 5.18. The molecule has 2 atom stereocenters. The highest BCUT2D eigenvalue weighted by Gasteiger charge is 2.34. The molecule has 0 amide bonds. The number of hydrogen-bond acceptors (Lipinski definition) is 4. The van der Waals surface area contributed by atoms with E-state index in [9.17, 15) is 0 Å². The molecule has 2 aromatic rings. The Labute approximate surface area is 161 Å². The van der Waals surface area contributed by atoms with Crippen molar-refractivity contribution in [3.05, 3.63) is 53.1 Å². The number of methoxy groups -OCH3 is 1. The zero-order chi connectivity index (χ0) is 18.6. The van der Waals surface area contributed by atoms with Crippen LogP contribution in [0.3, 0.4) is 0 Å². The summed E-state index contributed by atoms with van der Waals surface area (Å²) in [5, 5.41) is 7.35. The summed E-state index contributed by atoms with van der Waals surface area (Å²) in [4.78, 5) is 2.63. The largest absolute Gasteiger partial charge is 0.497 e. The minimum Gasteiger partial charge on any atom is -0.497 e. The van der Waals surface area contributed by atoms with E-state index in [1.54, 1.807) is 7.11 Å². The zero-order valence-corrected chi connectivity index (χ0v) is 16.5. The van der Waals surface area contributed by atoms with E-state index < -0.39 is 0 Å². The maximum absolute atomic E-state index is 5.41. The van der Waals surface area contributed by atoms with Gasteiger partial charge < -0.3 is 15.4 Å². The van der Waals surface area contributed by atoms with Crippen molar-refractivity contribution >= 4 is 11.4 Å². The fraction of sp³-hybridized carbons (Fsp3) is 0.478. The average molecular weight is 364 g/mol. The molecule has 2 fully saturated rings. The summed E-state index contributed by atoms with van der Waals surface area (Å²) in [6.45, 7) is 8.06. The van der Waals surface area contributed by atoms with Gasteiger partial charge in [-0.25, -0.2) is 0 Å². The standard InChI is InChI=1S/C23H29N3O/c1-23(2)19-8-7-18(27-3)11-22(19)25-21-9-4-15(10-20(21)23)12-26-13-16-5-6-17(14-26)24-16/h4,7-11,16-17,24-25H,5-6,12-14H2,1-3H3. The molecule has 4 heteroatoms. The normalized spacial score (nSPS) is 25.4. The van der Waals surface area contributed by atoms with Crippen LogP contribution in [0.4, 0.5) is 11.4 Å². The second kappa shape index (κ2) is 6.25. The van der Waals surface area contributed by atoms with Gasteiger partial charge in [0.1, 0.15) is 5.75 Å². The Bertz CT molecular complexity index is 864. The maximum atomic E-state index is 5.41. The first-order chi connectivity index (χ1) is 13.0. The molecule has 0 saturated carbocycles. The monoisotopic (exact) mass is 363 g/mol. The van der Waals surface area contributed by atoms with Gasteiger partial charge in [0.25, 0.3) is 0 Å². The van der Waals surface area contributed by atoms with E-state index in [-0.39, 0.29) is 5.41 Å². The van der Waals surface area contributed by atoms with E-state index in [4.69, 9.17) is 4.74 Å². The lowest BCUT2D eigenvalue weighted by Gasteiger charge is -2.37. The number of likely N-dealkylation sites (tertiary alicyclic amines) is 1. The fourth-order valence-electron chi connectivity index (χ4n) is 5.18. The third-order valence-electron chi connectivity index (χ3n) is 6.63. The van der Waals surface area contributed by atoms with Crippen molar-refractivity contribution < 1.29 is 4.74 Å². The van der Waals surface area contributed by atoms with Gasteiger partial charge in [-0.2, -0.15) is 0 Å². The molecule has 3 heterocycles. The Morgan fingerprint density at radius 1 is 1.00 bits per heavy atom. The lowest BCUT2D eigenvalue weighted by Crippen LogP contribution is -2.50. The van der Waals surface area contributed by atoms with Crippen LogP contribution < -0.4 is 15.4 Å². The number of benzene rings is 2. The molecular formula is C23H29N3O. The van der Waals surface area contributed by atoms with Crippen LogP contribution in [-0.4, -0.2) is 37.2 Å². The number of ether oxygens (including phenoxy) is 1. The van der Waals surface area contributed by atoms with Gasteiger partial charge in [-0.05, 0) is 41.7 Å². The van der Waals surface area contributed by atoms with E-state index in [0.717, 1.165) is 18.0 Å². The minimum atomic E-state index is -0.0271. The highest BCUT2D eigenvalue weighted by atomic mass is 16.5. The van der Waals surface area contributed by atoms with Crippen LogP contribution in [0.25, 0.3) is 0 Å². The average Bonchev–Trinajstić information content (AvgIpc) is 3.00. The first-order valence-corrected chi connectivity index (χ1v) is 10.1. The van der Waals surface area contributed by atoms with E-state index in [0.29, 0.717) is 12.1 Å². The van der Waals surface area contributed by atoms with Crippen molar-refractivity contribution in [2.24, 2.45) is 0 Å². The summed E-state index contributed by atoms with van der Waals surface area (Å²) in [5.74, 6) is 0.894. The van der Waals surface area contributed by atoms with Gasteiger partial charge in [0, 0.05) is 54.6 Å². The van der Waals surface area contributed by atoms with Crippen molar-refractivity contribution in [1.82, 2.24) is 10.2 Å². The summed E-state index contributed by atoms with van der Waals surface area (Å²) in [6, 6.07) is 14.7. The van der Waals surface area contributed by atoms with E-state index in [1.165, 1.54) is 48.3 Å². The first-order valence-electron chi connectivity index (χ1n) is 10.1. The van der Waals surface area contributed by atoms with Gasteiger partial charge in [-0.1, -0.05) is 32.0 Å². The topological polar surface area (TPSA) is 36.5 Å². The Kier molecular flexibility index (Phi) is 3.95. The van der Waals surface area contributed by atoms with Gasteiger partial charge in [0.2, 0.25) is 0 Å². The molecule has 2 N–H and O–H groups in total. The van der Waals surface area contributed by atoms with Crippen LogP contribution in [-0.2, 0) is 12.0 Å². The number of hydrogen-bond donors (Lipinski definition) is 2. The molecule has 0 spiro atoms. The molecule has 2 bridgehead atoms. The first kappa shape index (κ1) is 17.1. The van der Waals surface area contributed by atoms with E-state index in [2.05, 4.69) is 65.8 Å². The quantitative estimate of drug-likeness (QED) is 0.864. The molecule has 2 unspecified atom stereocenters. The molecule has 5 rings (SSSR count). The van der Waals surface area contributed by atoms with Crippen LogP contribution in [0.15, 0.2) is 36.4 Å². The van der Waals surface area contributed by atoms with Gasteiger partial charge >= 0.3 is 0 Å². The van der Waals surface area contributed by atoms with Gasteiger partial charge in [0.05, 0.1) is 7.11 Å². The molecule has 0 aromatic heterocycles. The lowest BCUT2D eigenvalue weighted by atomic mass is 9.74. The second-order valence-corrected chi connectivity index (χ2v) is 8.87. The molecule has 0 radical (unpaired) electrons. The zero-order valence-electron chi connectivity index (χ0n) is 16.5. The maximum Gasteiger partial charge on any atom is 0.120 e. The van der Waals surface area contributed by atoms with Crippen molar-refractivity contribution in [2.75, 3.05) is 25.5 Å². The molecule has 2 saturated heterocycles. The summed E-state index contributed by atoms with van der Waals surface area (Å²) >= 11 is 0. The van der Waals surface area contributed by atoms with Crippen molar-refractivity contribution in [3.63, 3.8) is 0 Å². The van der Waals surface area contributed by atoms with Gasteiger partial charge in [-0.15, -0.1) is 0 Å². The number of piperazine rings is 1.